The number of hydrogen-bond acceptors (Lipinski definition) is 3. The molecule has 0 fully saturated rings. The molecule has 0 amide bonds. The van der Waals surface area contributed by atoms with Crippen molar-refractivity contribution in [1.29, 1.82) is 0 Å². The molecule has 98 valence electrons. The molecule has 0 bridgehead atoms. The molecule has 0 saturated heterocycles. The van der Waals surface area contributed by atoms with Gasteiger partial charge < -0.3 is 10.2 Å². The lowest BCUT2D eigenvalue weighted by molar-refractivity contribution is 0.0952. The first kappa shape index (κ1) is 13.1. The summed E-state index contributed by atoms with van der Waals surface area (Å²) in [4.78, 5) is 12.5. The molecule has 0 aliphatic rings. The van der Waals surface area contributed by atoms with Gasteiger partial charge in [-0.05, 0) is 24.1 Å². The van der Waals surface area contributed by atoms with E-state index >= 15 is 0 Å². The van der Waals surface area contributed by atoms with Gasteiger partial charge in [0.05, 0.1) is 0 Å². The summed E-state index contributed by atoms with van der Waals surface area (Å²) in [6, 6.07) is 13.7. The topological polar surface area (TPSA) is 57.5 Å². The number of phenols is 2. The Balaban J connectivity index is 2.42. The second-order valence-electron chi connectivity index (χ2n) is 4.41. The van der Waals surface area contributed by atoms with Gasteiger partial charge in [-0.2, -0.15) is 0 Å². The molecule has 1 unspecified atom stereocenters. The molecule has 0 aliphatic heterocycles. The van der Waals surface area contributed by atoms with Crippen LogP contribution in [0.5, 0.6) is 11.5 Å². The Morgan fingerprint density at radius 1 is 1.00 bits per heavy atom. The number of phenolic OH excluding ortho intramolecular Hbond substituents is 2. The van der Waals surface area contributed by atoms with Crippen molar-refractivity contribution < 1.29 is 15.0 Å². The number of Topliss-reactive ketones (excluding diaryl/α,β-unsaturated/α-hetero) is 1. The average molecular weight is 256 g/mol. The molecule has 19 heavy (non-hydrogen) atoms. The molecule has 0 radical (unpaired) electrons. The summed E-state index contributed by atoms with van der Waals surface area (Å²) in [6.45, 7) is 1.91. The maximum atomic E-state index is 12.5. The normalized spacial score (nSPS) is 12.1. The molecule has 2 aromatic rings. The van der Waals surface area contributed by atoms with Gasteiger partial charge in [-0.25, -0.2) is 0 Å². The fourth-order valence-corrected chi connectivity index (χ4v) is 2.21. The van der Waals surface area contributed by atoms with E-state index in [0.29, 0.717) is 6.42 Å². The molecule has 2 N–H and O–H groups in total. The van der Waals surface area contributed by atoms with Crippen LogP contribution in [0.2, 0.25) is 0 Å². The molecule has 0 aliphatic carbocycles. The zero-order valence-electron chi connectivity index (χ0n) is 10.7. The minimum atomic E-state index is -0.361. The van der Waals surface area contributed by atoms with E-state index in [9.17, 15) is 15.0 Å². The highest BCUT2D eigenvalue weighted by molar-refractivity contribution is 6.05. The number of carbonyl (C=O) groups excluding carboxylic acids is 1. The molecule has 0 spiro atoms. The van der Waals surface area contributed by atoms with Crippen LogP contribution in [0.25, 0.3) is 0 Å². The molecule has 0 saturated carbocycles. The SMILES string of the molecule is CCC(C(=O)c1c(O)cccc1O)c1ccccc1. The Hall–Kier alpha value is -2.29. The van der Waals surface area contributed by atoms with Crippen LogP contribution in [0, 0.1) is 0 Å². The summed E-state index contributed by atoms with van der Waals surface area (Å²) in [5.74, 6) is -0.983. The van der Waals surface area contributed by atoms with Crippen LogP contribution in [-0.4, -0.2) is 16.0 Å². The lowest BCUT2D eigenvalue weighted by atomic mass is 9.88. The van der Waals surface area contributed by atoms with Gasteiger partial charge in [0.15, 0.2) is 5.78 Å². The molecule has 1 atom stereocenters. The number of hydrogen-bond donors (Lipinski definition) is 2. The summed E-state index contributed by atoms with van der Waals surface area (Å²) in [5.41, 5.74) is 0.885. The summed E-state index contributed by atoms with van der Waals surface area (Å²) < 4.78 is 0. The number of carbonyl (C=O) groups is 1. The molecular weight excluding hydrogens is 240 g/mol. The highest BCUT2D eigenvalue weighted by atomic mass is 16.3. The van der Waals surface area contributed by atoms with Crippen LogP contribution in [0.15, 0.2) is 48.5 Å². The van der Waals surface area contributed by atoms with Gasteiger partial charge in [0.2, 0.25) is 0 Å². The van der Waals surface area contributed by atoms with Gasteiger partial charge in [0, 0.05) is 5.92 Å². The molecular formula is C16H16O3. The summed E-state index contributed by atoms with van der Waals surface area (Å²) >= 11 is 0. The van der Waals surface area contributed by atoms with Crippen molar-refractivity contribution in [3.05, 3.63) is 59.7 Å². The van der Waals surface area contributed by atoms with Gasteiger partial charge >= 0.3 is 0 Å². The van der Waals surface area contributed by atoms with Crippen molar-refractivity contribution in [2.45, 2.75) is 19.3 Å². The van der Waals surface area contributed by atoms with Crippen molar-refractivity contribution in [1.82, 2.24) is 0 Å². The van der Waals surface area contributed by atoms with Gasteiger partial charge in [-0.15, -0.1) is 0 Å². The molecule has 3 heteroatoms. The van der Waals surface area contributed by atoms with Gasteiger partial charge in [-0.1, -0.05) is 43.3 Å². The van der Waals surface area contributed by atoms with Gasteiger partial charge in [-0.3, -0.25) is 4.79 Å². The van der Waals surface area contributed by atoms with Crippen molar-refractivity contribution in [2.75, 3.05) is 0 Å². The number of aromatic hydroxyl groups is 2. The lowest BCUT2D eigenvalue weighted by Crippen LogP contribution is -2.12. The minimum absolute atomic E-state index is 0.00166. The van der Waals surface area contributed by atoms with Crippen molar-refractivity contribution in [3.8, 4) is 11.5 Å². The fraction of sp³-hybridized carbons (Fsp3) is 0.188. The maximum absolute atomic E-state index is 12.5. The first-order valence-electron chi connectivity index (χ1n) is 6.25. The van der Waals surface area contributed by atoms with E-state index in [1.165, 1.54) is 18.2 Å². The predicted molar refractivity (Wildman–Crippen MR) is 73.6 cm³/mol. The second kappa shape index (κ2) is 5.57. The predicted octanol–water partition coefficient (Wildman–Crippen LogP) is 3.47. The fourth-order valence-electron chi connectivity index (χ4n) is 2.21. The van der Waals surface area contributed by atoms with Crippen LogP contribution < -0.4 is 0 Å². The Labute approximate surface area is 112 Å². The van der Waals surface area contributed by atoms with E-state index in [0.717, 1.165) is 5.56 Å². The van der Waals surface area contributed by atoms with Crippen molar-refractivity contribution in [2.24, 2.45) is 0 Å². The highest BCUT2D eigenvalue weighted by Gasteiger charge is 2.25. The zero-order valence-corrected chi connectivity index (χ0v) is 10.7. The first-order chi connectivity index (χ1) is 9.15. The van der Waals surface area contributed by atoms with E-state index in [4.69, 9.17) is 0 Å². The minimum Gasteiger partial charge on any atom is -0.507 e. The monoisotopic (exact) mass is 256 g/mol. The average Bonchev–Trinajstić information content (AvgIpc) is 2.40. The van der Waals surface area contributed by atoms with Crippen LogP contribution >= 0.6 is 0 Å². The third-order valence-corrected chi connectivity index (χ3v) is 3.19. The van der Waals surface area contributed by atoms with E-state index in [-0.39, 0.29) is 28.8 Å². The van der Waals surface area contributed by atoms with E-state index in [1.807, 2.05) is 37.3 Å². The number of benzene rings is 2. The second-order valence-corrected chi connectivity index (χ2v) is 4.41. The van der Waals surface area contributed by atoms with Crippen LogP contribution in [0.3, 0.4) is 0 Å². The Morgan fingerprint density at radius 2 is 1.58 bits per heavy atom. The largest absolute Gasteiger partial charge is 0.507 e. The van der Waals surface area contributed by atoms with Crippen LogP contribution in [0.4, 0.5) is 0 Å². The Morgan fingerprint density at radius 3 is 2.11 bits per heavy atom. The van der Waals surface area contributed by atoms with E-state index < -0.39 is 0 Å². The Bertz CT molecular complexity index is 556. The zero-order chi connectivity index (χ0) is 13.8. The van der Waals surface area contributed by atoms with E-state index in [2.05, 4.69) is 0 Å². The van der Waals surface area contributed by atoms with E-state index in [1.54, 1.807) is 0 Å². The molecule has 2 aromatic carbocycles. The summed E-state index contributed by atoms with van der Waals surface area (Å²) in [5, 5.41) is 19.5. The van der Waals surface area contributed by atoms with Gasteiger partial charge in [0.25, 0.3) is 0 Å². The lowest BCUT2D eigenvalue weighted by Gasteiger charge is -2.15. The number of rotatable bonds is 4. The third-order valence-electron chi connectivity index (χ3n) is 3.19. The number of ketones is 1. The van der Waals surface area contributed by atoms with Crippen LogP contribution in [0.1, 0.15) is 35.2 Å². The third kappa shape index (κ3) is 2.60. The summed E-state index contributed by atoms with van der Waals surface area (Å²) in [7, 11) is 0. The summed E-state index contributed by atoms with van der Waals surface area (Å²) in [6.07, 6.45) is 0.608. The molecule has 3 nitrogen and oxygen atoms in total. The molecule has 0 aromatic heterocycles. The smallest absolute Gasteiger partial charge is 0.177 e. The van der Waals surface area contributed by atoms with Crippen LogP contribution in [-0.2, 0) is 0 Å². The standard InChI is InChI=1S/C16H16O3/c1-2-12(11-7-4-3-5-8-11)16(19)15-13(17)9-6-10-14(15)18/h3-10,12,17-18H,2H2,1H3. The van der Waals surface area contributed by atoms with Gasteiger partial charge in [0.1, 0.15) is 17.1 Å². The van der Waals surface area contributed by atoms with Crippen molar-refractivity contribution >= 4 is 5.78 Å². The quantitative estimate of drug-likeness (QED) is 0.823. The molecule has 2 rings (SSSR count). The molecule has 0 heterocycles. The van der Waals surface area contributed by atoms with Crippen molar-refractivity contribution in [3.63, 3.8) is 0 Å². The Kier molecular flexibility index (Phi) is 3.85. The maximum Gasteiger partial charge on any atom is 0.177 e. The first-order valence-corrected chi connectivity index (χ1v) is 6.25. The highest BCUT2D eigenvalue weighted by Crippen LogP contribution is 2.33.